The Hall–Kier alpha value is -3.08. The third-order valence-corrected chi connectivity index (χ3v) is 3.48. The van der Waals surface area contributed by atoms with Gasteiger partial charge in [-0.25, -0.2) is 4.68 Å². The molecule has 0 atom stereocenters. The van der Waals surface area contributed by atoms with E-state index in [0.717, 1.165) is 11.4 Å². The predicted molar refractivity (Wildman–Crippen MR) is 89.7 cm³/mol. The molecule has 0 aliphatic heterocycles. The van der Waals surface area contributed by atoms with Crippen molar-refractivity contribution in [3.8, 4) is 22.7 Å². The third kappa shape index (κ3) is 3.08. The third-order valence-electron chi connectivity index (χ3n) is 3.48. The minimum absolute atomic E-state index is 0.122. The number of aromatic hydroxyl groups is 1. The number of para-hydroxylation sites is 1. The Balaban J connectivity index is 2.04. The molecule has 5 nitrogen and oxygen atoms in total. The number of rotatable bonds is 3. The van der Waals surface area contributed by atoms with E-state index in [1.165, 1.54) is 6.92 Å². The number of benzene rings is 2. The molecule has 0 aliphatic carbocycles. The highest BCUT2D eigenvalue weighted by Gasteiger charge is 2.12. The number of hydrogen-bond donors (Lipinski definition) is 2. The number of carbonyl (C=O) groups excluding carboxylic acids is 1. The fourth-order valence-electron chi connectivity index (χ4n) is 2.46. The Morgan fingerprint density at radius 2 is 1.87 bits per heavy atom. The number of amides is 1. The van der Waals surface area contributed by atoms with Crippen molar-refractivity contribution in [2.45, 2.75) is 13.8 Å². The standard InChI is InChI=1S/C18H17N3O2/c1-12-10-17(20-21(12)15-6-4-3-5-7-15)16-11-14(19-13(2)22)8-9-18(16)23/h3-11,23H,1-2H3,(H,19,22). The minimum atomic E-state index is -0.160. The average molecular weight is 307 g/mol. The maximum atomic E-state index is 11.2. The Morgan fingerprint density at radius 3 is 2.57 bits per heavy atom. The molecule has 116 valence electrons. The van der Waals surface area contributed by atoms with Crippen LogP contribution in [-0.4, -0.2) is 20.8 Å². The fourth-order valence-corrected chi connectivity index (χ4v) is 2.46. The molecule has 2 N–H and O–H groups in total. The molecular formula is C18H17N3O2. The van der Waals surface area contributed by atoms with E-state index in [-0.39, 0.29) is 11.7 Å². The number of anilines is 1. The summed E-state index contributed by atoms with van der Waals surface area (Å²) in [7, 11) is 0. The van der Waals surface area contributed by atoms with Crippen LogP contribution in [0.2, 0.25) is 0 Å². The summed E-state index contributed by atoms with van der Waals surface area (Å²) in [6.07, 6.45) is 0. The number of carbonyl (C=O) groups is 1. The molecule has 1 heterocycles. The first-order valence-electron chi connectivity index (χ1n) is 7.27. The zero-order valence-electron chi connectivity index (χ0n) is 12.9. The van der Waals surface area contributed by atoms with Crippen molar-refractivity contribution in [1.82, 2.24) is 9.78 Å². The Morgan fingerprint density at radius 1 is 1.13 bits per heavy atom. The summed E-state index contributed by atoms with van der Waals surface area (Å²) in [5, 5.41) is 17.4. The van der Waals surface area contributed by atoms with Crippen LogP contribution >= 0.6 is 0 Å². The number of aromatic nitrogens is 2. The lowest BCUT2D eigenvalue weighted by atomic mass is 10.1. The molecule has 3 aromatic rings. The summed E-state index contributed by atoms with van der Waals surface area (Å²) < 4.78 is 1.82. The van der Waals surface area contributed by atoms with Gasteiger partial charge in [0.1, 0.15) is 5.75 Å². The highest BCUT2D eigenvalue weighted by atomic mass is 16.3. The van der Waals surface area contributed by atoms with Crippen molar-refractivity contribution < 1.29 is 9.90 Å². The number of nitrogens with zero attached hydrogens (tertiary/aromatic N) is 2. The Labute approximate surface area is 134 Å². The van der Waals surface area contributed by atoms with Gasteiger partial charge in [0.2, 0.25) is 5.91 Å². The Kier molecular flexibility index (Phi) is 3.85. The largest absolute Gasteiger partial charge is 0.507 e. The van der Waals surface area contributed by atoms with Gasteiger partial charge < -0.3 is 10.4 Å². The molecule has 0 fully saturated rings. The summed E-state index contributed by atoms with van der Waals surface area (Å²) in [5.41, 5.74) is 3.76. The van der Waals surface area contributed by atoms with E-state index >= 15 is 0 Å². The molecule has 23 heavy (non-hydrogen) atoms. The lowest BCUT2D eigenvalue weighted by Crippen LogP contribution is -2.05. The van der Waals surface area contributed by atoms with Crippen molar-refractivity contribution in [1.29, 1.82) is 0 Å². The van der Waals surface area contributed by atoms with E-state index in [4.69, 9.17) is 0 Å². The summed E-state index contributed by atoms with van der Waals surface area (Å²) in [6, 6.07) is 16.6. The van der Waals surface area contributed by atoms with Gasteiger partial charge in [-0.15, -0.1) is 0 Å². The van der Waals surface area contributed by atoms with Crippen molar-refractivity contribution >= 4 is 11.6 Å². The molecule has 3 rings (SSSR count). The van der Waals surface area contributed by atoms with Gasteiger partial charge in [-0.3, -0.25) is 4.79 Å². The molecule has 0 unspecified atom stereocenters. The summed E-state index contributed by atoms with van der Waals surface area (Å²) >= 11 is 0. The normalized spacial score (nSPS) is 10.5. The van der Waals surface area contributed by atoms with Crippen LogP contribution in [0.5, 0.6) is 5.75 Å². The zero-order chi connectivity index (χ0) is 16.4. The van der Waals surface area contributed by atoms with E-state index in [1.54, 1.807) is 18.2 Å². The Bertz CT molecular complexity index is 854. The topological polar surface area (TPSA) is 67.2 Å². The minimum Gasteiger partial charge on any atom is -0.507 e. The molecule has 0 saturated heterocycles. The summed E-state index contributed by atoms with van der Waals surface area (Å²) in [4.78, 5) is 11.2. The number of aryl methyl sites for hydroxylation is 1. The van der Waals surface area contributed by atoms with Gasteiger partial charge in [0.05, 0.1) is 11.4 Å². The first-order chi connectivity index (χ1) is 11.0. The first kappa shape index (κ1) is 14.8. The van der Waals surface area contributed by atoms with Crippen LogP contribution in [0.3, 0.4) is 0 Å². The van der Waals surface area contributed by atoms with Crippen LogP contribution in [0.4, 0.5) is 5.69 Å². The highest BCUT2D eigenvalue weighted by Crippen LogP contribution is 2.32. The van der Waals surface area contributed by atoms with Gasteiger partial charge in [-0.2, -0.15) is 5.10 Å². The van der Waals surface area contributed by atoms with E-state index < -0.39 is 0 Å². The van der Waals surface area contributed by atoms with Crippen LogP contribution in [0.1, 0.15) is 12.6 Å². The fraction of sp³-hybridized carbons (Fsp3) is 0.111. The summed E-state index contributed by atoms with van der Waals surface area (Å²) in [5.74, 6) is -0.0375. The van der Waals surface area contributed by atoms with Gasteiger partial charge >= 0.3 is 0 Å². The van der Waals surface area contributed by atoms with E-state index in [2.05, 4.69) is 10.4 Å². The van der Waals surface area contributed by atoms with Gasteiger partial charge in [0.15, 0.2) is 0 Å². The van der Waals surface area contributed by atoms with Gasteiger partial charge in [0.25, 0.3) is 0 Å². The predicted octanol–water partition coefficient (Wildman–Crippen LogP) is 3.51. The molecule has 0 saturated carbocycles. The van der Waals surface area contributed by atoms with E-state index in [9.17, 15) is 9.90 Å². The number of phenolic OH excluding ortho intramolecular Hbond substituents is 1. The molecule has 1 aromatic heterocycles. The van der Waals surface area contributed by atoms with Crippen molar-refractivity contribution in [3.63, 3.8) is 0 Å². The van der Waals surface area contributed by atoms with Gasteiger partial charge in [0, 0.05) is 23.9 Å². The van der Waals surface area contributed by atoms with Crippen LogP contribution in [0, 0.1) is 6.92 Å². The van der Waals surface area contributed by atoms with Crippen LogP contribution in [-0.2, 0) is 4.79 Å². The van der Waals surface area contributed by atoms with Crippen molar-refractivity contribution in [2.75, 3.05) is 5.32 Å². The monoisotopic (exact) mass is 307 g/mol. The quantitative estimate of drug-likeness (QED) is 0.728. The second-order valence-corrected chi connectivity index (χ2v) is 5.33. The molecule has 0 radical (unpaired) electrons. The number of nitrogens with one attached hydrogen (secondary N) is 1. The second-order valence-electron chi connectivity index (χ2n) is 5.33. The van der Waals surface area contributed by atoms with E-state index in [0.29, 0.717) is 16.9 Å². The van der Waals surface area contributed by atoms with Crippen molar-refractivity contribution in [3.05, 3.63) is 60.3 Å². The van der Waals surface area contributed by atoms with Crippen molar-refractivity contribution in [2.24, 2.45) is 0 Å². The lowest BCUT2D eigenvalue weighted by Gasteiger charge is -2.06. The SMILES string of the molecule is CC(=O)Nc1ccc(O)c(-c2cc(C)n(-c3ccccc3)n2)c1. The molecule has 1 amide bonds. The second kappa shape index (κ2) is 5.96. The lowest BCUT2D eigenvalue weighted by molar-refractivity contribution is -0.114. The first-order valence-corrected chi connectivity index (χ1v) is 7.27. The van der Waals surface area contributed by atoms with Gasteiger partial charge in [-0.1, -0.05) is 18.2 Å². The molecule has 0 bridgehead atoms. The van der Waals surface area contributed by atoms with Crippen LogP contribution in [0.25, 0.3) is 16.9 Å². The number of hydrogen-bond acceptors (Lipinski definition) is 3. The molecule has 0 spiro atoms. The molecule has 0 aliphatic rings. The van der Waals surface area contributed by atoms with Crippen LogP contribution < -0.4 is 5.32 Å². The molecule has 5 heteroatoms. The maximum absolute atomic E-state index is 11.2. The highest BCUT2D eigenvalue weighted by molar-refractivity contribution is 5.90. The summed E-state index contributed by atoms with van der Waals surface area (Å²) in [6.45, 7) is 3.40. The zero-order valence-corrected chi connectivity index (χ0v) is 12.9. The molecule has 2 aromatic carbocycles. The van der Waals surface area contributed by atoms with Crippen LogP contribution in [0.15, 0.2) is 54.6 Å². The van der Waals surface area contributed by atoms with E-state index in [1.807, 2.05) is 48.0 Å². The average Bonchev–Trinajstić information content (AvgIpc) is 2.91. The maximum Gasteiger partial charge on any atom is 0.221 e. The smallest absolute Gasteiger partial charge is 0.221 e. The van der Waals surface area contributed by atoms with Gasteiger partial charge in [-0.05, 0) is 43.3 Å². The number of phenols is 1. The molecular weight excluding hydrogens is 290 g/mol.